The molecule has 0 radical (unpaired) electrons. The number of aromatic nitrogens is 1. The predicted molar refractivity (Wildman–Crippen MR) is 64.1 cm³/mol. The molecule has 0 aliphatic heterocycles. The molecule has 1 aromatic heterocycles. The number of carboxylic acids is 1. The Balaban J connectivity index is 2.05. The molecule has 1 aliphatic rings. The van der Waals surface area contributed by atoms with Crippen LogP contribution in [0.25, 0.3) is 0 Å². The molecule has 0 saturated heterocycles. The number of carbonyl (C=O) groups is 1. The number of nitrogens with zero attached hydrogens (tertiary/aromatic N) is 1. The average molecular weight is 239 g/mol. The highest BCUT2D eigenvalue weighted by Gasteiger charge is 2.18. The van der Waals surface area contributed by atoms with Crippen LogP contribution in [0.3, 0.4) is 0 Å². The van der Waals surface area contributed by atoms with Crippen molar-refractivity contribution in [2.75, 3.05) is 0 Å². The van der Waals surface area contributed by atoms with E-state index in [1.54, 1.807) is 5.38 Å². The van der Waals surface area contributed by atoms with Crippen molar-refractivity contribution < 1.29 is 9.90 Å². The summed E-state index contributed by atoms with van der Waals surface area (Å²) in [5, 5.41) is 11.5. The van der Waals surface area contributed by atoms with Crippen molar-refractivity contribution in [3.05, 3.63) is 16.1 Å². The molecule has 88 valence electrons. The van der Waals surface area contributed by atoms with Gasteiger partial charge < -0.3 is 5.11 Å². The summed E-state index contributed by atoms with van der Waals surface area (Å²) in [5.74, 6) is -0.410. The lowest BCUT2D eigenvalue weighted by Crippen LogP contribution is -2.03. The van der Waals surface area contributed by atoms with E-state index in [0.29, 0.717) is 5.92 Å². The van der Waals surface area contributed by atoms with Gasteiger partial charge in [0.05, 0.1) is 5.01 Å². The maximum absolute atomic E-state index is 10.8. The van der Waals surface area contributed by atoms with E-state index in [2.05, 4.69) is 4.98 Å². The highest BCUT2D eigenvalue weighted by molar-refractivity contribution is 7.09. The molecule has 0 spiro atoms. The van der Waals surface area contributed by atoms with Crippen molar-refractivity contribution in [2.24, 2.45) is 0 Å². The first-order chi connectivity index (χ1) is 7.77. The van der Waals surface area contributed by atoms with Gasteiger partial charge >= 0.3 is 5.97 Å². The lowest BCUT2D eigenvalue weighted by atomic mass is 9.92. The molecule has 4 heteroatoms. The van der Waals surface area contributed by atoms with Crippen molar-refractivity contribution in [3.8, 4) is 0 Å². The monoisotopic (exact) mass is 239 g/mol. The molecule has 16 heavy (non-hydrogen) atoms. The lowest BCUT2D eigenvalue weighted by molar-refractivity contribution is 0.0691. The topological polar surface area (TPSA) is 50.2 Å². The zero-order chi connectivity index (χ0) is 11.4. The molecule has 0 aromatic carbocycles. The van der Waals surface area contributed by atoms with E-state index in [1.165, 1.54) is 56.3 Å². The van der Waals surface area contributed by atoms with E-state index < -0.39 is 5.97 Å². The lowest BCUT2D eigenvalue weighted by Gasteiger charge is -2.17. The first-order valence-electron chi connectivity index (χ1n) is 5.96. The molecule has 1 saturated carbocycles. The third kappa shape index (κ3) is 2.82. The van der Waals surface area contributed by atoms with Gasteiger partial charge in [-0.25, -0.2) is 9.78 Å². The Bertz CT molecular complexity index is 354. The maximum Gasteiger partial charge on any atom is 0.355 e. The second kappa shape index (κ2) is 5.43. The zero-order valence-corrected chi connectivity index (χ0v) is 10.1. The summed E-state index contributed by atoms with van der Waals surface area (Å²) < 4.78 is 0. The summed E-state index contributed by atoms with van der Waals surface area (Å²) in [6, 6.07) is 0. The van der Waals surface area contributed by atoms with Crippen molar-refractivity contribution in [2.45, 2.75) is 50.9 Å². The van der Waals surface area contributed by atoms with Gasteiger partial charge in [-0.05, 0) is 12.8 Å². The van der Waals surface area contributed by atoms with E-state index in [1.807, 2.05) is 0 Å². The molecule has 3 nitrogen and oxygen atoms in total. The second-order valence-corrected chi connectivity index (χ2v) is 5.31. The van der Waals surface area contributed by atoms with Crippen LogP contribution in [-0.4, -0.2) is 16.1 Å². The Morgan fingerprint density at radius 1 is 1.25 bits per heavy atom. The number of carboxylic acid groups (broad SMARTS) is 1. The summed E-state index contributed by atoms with van der Waals surface area (Å²) in [7, 11) is 0. The van der Waals surface area contributed by atoms with Crippen LogP contribution in [0, 0.1) is 0 Å². The van der Waals surface area contributed by atoms with Gasteiger partial charge in [-0.2, -0.15) is 0 Å². The quantitative estimate of drug-likeness (QED) is 0.856. The van der Waals surface area contributed by atoms with Gasteiger partial charge in [0.25, 0.3) is 0 Å². The predicted octanol–water partition coefficient (Wildman–Crippen LogP) is 3.67. The number of rotatable bonds is 2. The van der Waals surface area contributed by atoms with Crippen LogP contribution >= 0.6 is 11.3 Å². The van der Waals surface area contributed by atoms with Gasteiger partial charge in [0.2, 0.25) is 0 Å². The van der Waals surface area contributed by atoms with Crippen LogP contribution in [0.5, 0.6) is 0 Å². The molecule has 1 heterocycles. The molecule has 1 aromatic rings. The van der Waals surface area contributed by atoms with E-state index in [0.717, 1.165) is 5.01 Å². The Morgan fingerprint density at radius 2 is 1.88 bits per heavy atom. The molecule has 2 rings (SSSR count). The summed E-state index contributed by atoms with van der Waals surface area (Å²) in [5.41, 5.74) is 0.210. The average Bonchev–Trinajstić information content (AvgIpc) is 2.66. The smallest absolute Gasteiger partial charge is 0.355 e. The molecular formula is C12H17NO2S. The van der Waals surface area contributed by atoms with Crippen LogP contribution in [0.15, 0.2) is 5.38 Å². The third-order valence-electron chi connectivity index (χ3n) is 3.20. The molecule has 1 fully saturated rings. The minimum absolute atomic E-state index is 0.210. The summed E-state index contributed by atoms with van der Waals surface area (Å²) in [6.07, 6.45) is 8.84. The van der Waals surface area contributed by atoms with Crippen LogP contribution in [-0.2, 0) is 0 Å². The Labute approximate surface area is 99.5 Å². The Kier molecular flexibility index (Phi) is 3.93. The fourth-order valence-electron chi connectivity index (χ4n) is 2.28. The van der Waals surface area contributed by atoms with Crippen LogP contribution in [0.4, 0.5) is 0 Å². The largest absolute Gasteiger partial charge is 0.476 e. The van der Waals surface area contributed by atoms with E-state index >= 15 is 0 Å². The molecule has 1 aliphatic carbocycles. The van der Waals surface area contributed by atoms with Gasteiger partial charge in [-0.3, -0.25) is 0 Å². The van der Waals surface area contributed by atoms with Gasteiger partial charge in [0.15, 0.2) is 5.69 Å². The number of hydrogen-bond acceptors (Lipinski definition) is 3. The molecule has 1 N–H and O–H groups in total. The van der Waals surface area contributed by atoms with Crippen LogP contribution < -0.4 is 0 Å². The van der Waals surface area contributed by atoms with Crippen molar-refractivity contribution >= 4 is 17.3 Å². The molecule has 0 amide bonds. The summed E-state index contributed by atoms with van der Waals surface area (Å²) in [4.78, 5) is 15.0. The number of aromatic carboxylic acids is 1. The Morgan fingerprint density at radius 3 is 2.44 bits per heavy atom. The SMILES string of the molecule is O=C(O)c1csc(C2CCCCCCC2)n1. The summed E-state index contributed by atoms with van der Waals surface area (Å²) in [6.45, 7) is 0. The number of hydrogen-bond donors (Lipinski definition) is 1. The van der Waals surface area contributed by atoms with Gasteiger partial charge in [-0.15, -0.1) is 11.3 Å². The van der Waals surface area contributed by atoms with Crippen LogP contribution in [0.2, 0.25) is 0 Å². The van der Waals surface area contributed by atoms with Crippen LogP contribution in [0.1, 0.15) is 66.4 Å². The third-order valence-corrected chi connectivity index (χ3v) is 4.20. The Hall–Kier alpha value is -0.900. The minimum Gasteiger partial charge on any atom is -0.476 e. The minimum atomic E-state index is -0.909. The van der Waals surface area contributed by atoms with Crippen molar-refractivity contribution in [1.29, 1.82) is 0 Å². The van der Waals surface area contributed by atoms with Crippen molar-refractivity contribution in [1.82, 2.24) is 4.98 Å². The molecule has 0 unspecified atom stereocenters. The van der Waals surface area contributed by atoms with Gasteiger partial charge in [-0.1, -0.05) is 32.1 Å². The van der Waals surface area contributed by atoms with Crippen molar-refractivity contribution in [3.63, 3.8) is 0 Å². The molecular weight excluding hydrogens is 222 g/mol. The van der Waals surface area contributed by atoms with Gasteiger partial charge in [0.1, 0.15) is 0 Å². The first-order valence-corrected chi connectivity index (χ1v) is 6.84. The fraction of sp³-hybridized carbons (Fsp3) is 0.667. The highest BCUT2D eigenvalue weighted by atomic mass is 32.1. The normalized spacial score (nSPS) is 19.0. The van der Waals surface area contributed by atoms with E-state index in [9.17, 15) is 4.79 Å². The van der Waals surface area contributed by atoms with E-state index in [-0.39, 0.29) is 5.69 Å². The molecule has 0 bridgehead atoms. The summed E-state index contributed by atoms with van der Waals surface area (Å²) >= 11 is 1.51. The fourth-order valence-corrected chi connectivity index (χ4v) is 3.24. The zero-order valence-electron chi connectivity index (χ0n) is 9.32. The van der Waals surface area contributed by atoms with Gasteiger partial charge in [0, 0.05) is 11.3 Å². The second-order valence-electron chi connectivity index (χ2n) is 4.42. The first kappa shape index (κ1) is 11.6. The maximum atomic E-state index is 10.8. The molecule has 0 atom stereocenters. The number of thiazole rings is 1. The highest BCUT2D eigenvalue weighted by Crippen LogP contribution is 2.32. The van der Waals surface area contributed by atoms with E-state index in [4.69, 9.17) is 5.11 Å². The standard InChI is InChI=1S/C12H17NO2S/c14-12(15)10-8-16-11(13-10)9-6-4-2-1-3-5-7-9/h8-9H,1-7H2,(H,14,15).